The van der Waals surface area contributed by atoms with Gasteiger partial charge in [0, 0.05) is 11.4 Å². The summed E-state index contributed by atoms with van der Waals surface area (Å²) in [6, 6.07) is 10.9. The van der Waals surface area contributed by atoms with Gasteiger partial charge >= 0.3 is 0 Å². The van der Waals surface area contributed by atoms with Gasteiger partial charge in [0.1, 0.15) is 11.5 Å². The van der Waals surface area contributed by atoms with Crippen molar-refractivity contribution in [3.8, 4) is 11.5 Å². The molecule has 2 rings (SSSR count). The largest absolute Gasteiger partial charge is 0.508 e. The normalized spacial score (nSPS) is 10.3. The van der Waals surface area contributed by atoms with Crippen molar-refractivity contribution < 1.29 is 15.0 Å². The summed E-state index contributed by atoms with van der Waals surface area (Å²) >= 11 is 5.96. The minimum Gasteiger partial charge on any atom is -0.508 e. The number of ketones is 1. The number of benzene rings is 2. The molecule has 2 aromatic carbocycles. The Hall–Kier alpha value is -2.00. The van der Waals surface area contributed by atoms with Crippen molar-refractivity contribution in [1.82, 2.24) is 0 Å². The molecule has 0 spiro atoms. The summed E-state index contributed by atoms with van der Waals surface area (Å²) in [7, 11) is 0. The molecule has 0 atom stereocenters. The van der Waals surface area contributed by atoms with E-state index in [0.717, 1.165) is 0 Å². The zero-order valence-electron chi connectivity index (χ0n) is 9.43. The van der Waals surface area contributed by atoms with Crippen LogP contribution in [0.25, 0.3) is 0 Å². The molecule has 3 nitrogen and oxygen atoms in total. The van der Waals surface area contributed by atoms with Crippen LogP contribution >= 0.6 is 11.6 Å². The van der Waals surface area contributed by atoms with E-state index < -0.39 is 0 Å². The molecule has 2 N–H and O–H groups in total. The van der Waals surface area contributed by atoms with Crippen LogP contribution in [0.2, 0.25) is 5.02 Å². The van der Waals surface area contributed by atoms with E-state index in [1.54, 1.807) is 24.3 Å². The van der Waals surface area contributed by atoms with Crippen molar-refractivity contribution in [1.29, 1.82) is 0 Å². The fraction of sp³-hybridized carbons (Fsp3) is 0.0714. The predicted octanol–water partition coefficient (Wildman–Crippen LogP) is 3.18. The Kier molecular flexibility index (Phi) is 3.53. The molecular weight excluding hydrogens is 252 g/mol. The summed E-state index contributed by atoms with van der Waals surface area (Å²) in [5.41, 5.74) is 0.779. The lowest BCUT2D eigenvalue weighted by atomic mass is 10.0. The summed E-state index contributed by atoms with van der Waals surface area (Å²) in [4.78, 5) is 12.0. The first-order chi connectivity index (χ1) is 8.58. The van der Waals surface area contributed by atoms with Crippen LogP contribution in [0, 0.1) is 0 Å². The summed E-state index contributed by atoms with van der Waals surface area (Å²) in [6.45, 7) is 0. The lowest BCUT2D eigenvalue weighted by molar-refractivity contribution is 0.0990. The highest BCUT2D eigenvalue weighted by molar-refractivity contribution is 6.31. The first-order valence-electron chi connectivity index (χ1n) is 5.36. The van der Waals surface area contributed by atoms with Gasteiger partial charge in [0.2, 0.25) is 0 Å². The molecule has 0 amide bonds. The lowest BCUT2D eigenvalue weighted by Crippen LogP contribution is -2.04. The predicted molar refractivity (Wildman–Crippen MR) is 69.3 cm³/mol. The van der Waals surface area contributed by atoms with Gasteiger partial charge in [-0.05, 0) is 29.8 Å². The van der Waals surface area contributed by atoms with E-state index in [-0.39, 0.29) is 29.3 Å². The molecule has 0 saturated heterocycles. The number of phenols is 2. The third-order valence-electron chi connectivity index (χ3n) is 2.59. The van der Waals surface area contributed by atoms with Crippen molar-refractivity contribution in [2.75, 3.05) is 0 Å². The maximum Gasteiger partial charge on any atom is 0.171 e. The van der Waals surface area contributed by atoms with Crippen LogP contribution in [-0.2, 0) is 6.42 Å². The fourth-order valence-corrected chi connectivity index (χ4v) is 1.86. The monoisotopic (exact) mass is 262 g/mol. The zero-order chi connectivity index (χ0) is 13.1. The van der Waals surface area contributed by atoms with E-state index in [1.807, 2.05) is 0 Å². The van der Waals surface area contributed by atoms with Crippen LogP contribution in [0.1, 0.15) is 15.9 Å². The van der Waals surface area contributed by atoms with Gasteiger partial charge in [-0.15, -0.1) is 0 Å². The number of phenolic OH excluding ortho intramolecular Hbond substituents is 2. The second-order valence-corrected chi connectivity index (χ2v) is 4.30. The summed E-state index contributed by atoms with van der Waals surface area (Å²) in [5.74, 6) is -0.503. The van der Waals surface area contributed by atoms with Gasteiger partial charge < -0.3 is 10.2 Å². The second kappa shape index (κ2) is 5.10. The molecule has 0 unspecified atom stereocenters. The second-order valence-electron chi connectivity index (χ2n) is 3.89. The van der Waals surface area contributed by atoms with Gasteiger partial charge in [-0.25, -0.2) is 0 Å². The standard InChI is InChI=1S/C14H11ClO3/c15-12-4-2-1-3-9(12)7-14(18)11-8-10(16)5-6-13(11)17/h1-6,8,16-17H,7H2. The van der Waals surface area contributed by atoms with Crippen molar-refractivity contribution in [3.63, 3.8) is 0 Å². The van der Waals surface area contributed by atoms with Crippen LogP contribution in [-0.4, -0.2) is 16.0 Å². The van der Waals surface area contributed by atoms with Crippen LogP contribution in [0.15, 0.2) is 42.5 Å². The van der Waals surface area contributed by atoms with E-state index in [9.17, 15) is 15.0 Å². The van der Waals surface area contributed by atoms with Gasteiger partial charge in [0.25, 0.3) is 0 Å². The third-order valence-corrected chi connectivity index (χ3v) is 2.96. The Balaban J connectivity index is 2.28. The number of rotatable bonds is 3. The molecule has 0 aliphatic rings. The molecule has 0 bridgehead atoms. The minimum atomic E-state index is -0.295. The summed E-state index contributed by atoms with van der Waals surface area (Å²) < 4.78 is 0. The molecule has 0 radical (unpaired) electrons. The third kappa shape index (κ3) is 2.63. The Morgan fingerprint density at radius 2 is 1.83 bits per heavy atom. The van der Waals surface area contributed by atoms with Gasteiger partial charge in [-0.1, -0.05) is 29.8 Å². The maximum atomic E-state index is 12.0. The van der Waals surface area contributed by atoms with Crippen LogP contribution in [0.5, 0.6) is 11.5 Å². The summed E-state index contributed by atoms with van der Waals surface area (Å²) in [6.07, 6.45) is 0.0800. The van der Waals surface area contributed by atoms with E-state index in [4.69, 9.17) is 11.6 Å². The molecule has 92 valence electrons. The molecule has 0 aliphatic heterocycles. The molecule has 0 heterocycles. The molecular formula is C14H11ClO3. The van der Waals surface area contributed by atoms with Gasteiger partial charge in [-0.2, -0.15) is 0 Å². The fourth-order valence-electron chi connectivity index (χ4n) is 1.66. The number of halogens is 1. The van der Waals surface area contributed by atoms with Crippen molar-refractivity contribution in [2.45, 2.75) is 6.42 Å². The van der Waals surface area contributed by atoms with Gasteiger partial charge in [0.15, 0.2) is 5.78 Å². The highest BCUT2D eigenvalue weighted by Crippen LogP contribution is 2.25. The van der Waals surface area contributed by atoms with E-state index in [1.165, 1.54) is 18.2 Å². The minimum absolute atomic E-state index is 0.0599. The SMILES string of the molecule is O=C(Cc1ccccc1Cl)c1cc(O)ccc1O. The van der Waals surface area contributed by atoms with E-state index in [0.29, 0.717) is 10.6 Å². The zero-order valence-corrected chi connectivity index (χ0v) is 10.2. The maximum absolute atomic E-state index is 12.0. The number of hydrogen-bond acceptors (Lipinski definition) is 3. The Morgan fingerprint density at radius 1 is 1.11 bits per heavy atom. The number of Topliss-reactive ketones (excluding diaryl/α,β-unsaturated/α-hetero) is 1. The smallest absolute Gasteiger partial charge is 0.171 e. The van der Waals surface area contributed by atoms with Crippen molar-refractivity contribution in [2.24, 2.45) is 0 Å². The Bertz CT molecular complexity index is 593. The van der Waals surface area contributed by atoms with Crippen LogP contribution < -0.4 is 0 Å². The number of aromatic hydroxyl groups is 2. The van der Waals surface area contributed by atoms with Gasteiger partial charge in [-0.3, -0.25) is 4.79 Å². The average molecular weight is 263 g/mol. The molecule has 0 saturated carbocycles. The van der Waals surface area contributed by atoms with Crippen LogP contribution in [0.3, 0.4) is 0 Å². The first-order valence-corrected chi connectivity index (χ1v) is 5.74. The number of carbonyl (C=O) groups is 1. The number of carbonyl (C=O) groups excluding carboxylic acids is 1. The topological polar surface area (TPSA) is 57.5 Å². The van der Waals surface area contributed by atoms with Crippen LogP contribution in [0.4, 0.5) is 0 Å². The summed E-state index contributed by atoms with van der Waals surface area (Å²) in [5, 5.41) is 19.4. The molecule has 0 aliphatic carbocycles. The molecule has 2 aromatic rings. The molecule has 4 heteroatoms. The number of hydrogen-bond donors (Lipinski definition) is 2. The van der Waals surface area contributed by atoms with Crippen molar-refractivity contribution in [3.05, 3.63) is 58.6 Å². The lowest BCUT2D eigenvalue weighted by Gasteiger charge is -2.06. The average Bonchev–Trinajstić information content (AvgIpc) is 2.35. The highest BCUT2D eigenvalue weighted by Gasteiger charge is 2.14. The Morgan fingerprint density at radius 3 is 2.56 bits per heavy atom. The molecule has 0 aromatic heterocycles. The van der Waals surface area contributed by atoms with Crippen molar-refractivity contribution >= 4 is 17.4 Å². The van der Waals surface area contributed by atoms with E-state index in [2.05, 4.69) is 0 Å². The van der Waals surface area contributed by atoms with Gasteiger partial charge in [0.05, 0.1) is 5.56 Å². The highest BCUT2D eigenvalue weighted by atomic mass is 35.5. The molecule has 18 heavy (non-hydrogen) atoms. The van der Waals surface area contributed by atoms with E-state index >= 15 is 0 Å². The quantitative estimate of drug-likeness (QED) is 0.660. The Labute approximate surface area is 109 Å². The molecule has 0 fully saturated rings. The first kappa shape index (κ1) is 12.5.